The first-order valence-electron chi connectivity index (χ1n) is 4.69. The summed E-state index contributed by atoms with van der Waals surface area (Å²) < 4.78 is 1.68. The maximum Gasteiger partial charge on any atom is 0.144 e. The summed E-state index contributed by atoms with van der Waals surface area (Å²) in [7, 11) is 0. The quantitative estimate of drug-likeness (QED) is 0.805. The molecule has 1 aromatic heterocycles. The van der Waals surface area contributed by atoms with Gasteiger partial charge in [0.1, 0.15) is 5.82 Å². The van der Waals surface area contributed by atoms with E-state index in [9.17, 15) is 0 Å². The number of halogens is 3. The second-order valence-corrected chi connectivity index (χ2v) is 5.49. The summed E-state index contributed by atoms with van der Waals surface area (Å²) in [4.78, 5) is 4.20. The fraction of sp³-hybridized carbons (Fsp3) is 0. The fourth-order valence-corrected chi connectivity index (χ4v) is 2.51. The predicted molar refractivity (Wildman–Crippen MR) is 78.8 cm³/mol. The number of nitrogens with two attached hydrogens (primary N) is 1. The van der Waals surface area contributed by atoms with Crippen molar-refractivity contribution in [3.8, 4) is 0 Å². The molecule has 6 heteroatoms. The average molecular weight is 377 g/mol. The van der Waals surface area contributed by atoms with E-state index in [0.717, 1.165) is 14.6 Å². The highest BCUT2D eigenvalue weighted by molar-refractivity contribution is 9.11. The Labute approximate surface area is 121 Å². The van der Waals surface area contributed by atoms with Gasteiger partial charge in [-0.05, 0) is 56.1 Å². The zero-order chi connectivity index (χ0) is 12.4. The first-order valence-corrected chi connectivity index (χ1v) is 6.66. The van der Waals surface area contributed by atoms with Crippen LogP contribution in [0.2, 0.25) is 5.02 Å². The van der Waals surface area contributed by atoms with E-state index in [1.807, 2.05) is 12.1 Å². The number of pyridine rings is 1. The molecule has 88 valence electrons. The van der Waals surface area contributed by atoms with Crippen molar-refractivity contribution >= 4 is 60.7 Å². The van der Waals surface area contributed by atoms with Gasteiger partial charge in [-0.25, -0.2) is 4.98 Å². The number of aromatic nitrogens is 1. The van der Waals surface area contributed by atoms with Gasteiger partial charge in [0.15, 0.2) is 0 Å². The van der Waals surface area contributed by atoms with Crippen LogP contribution in [0.5, 0.6) is 0 Å². The normalized spacial score (nSPS) is 10.3. The lowest BCUT2D eigenvalue weighted by Gasteiger charge is -2.10. The Morgan fingerprint density at radius 2 is 1.94 bits per heavy atom. The van der Waals surface area contributed by atoms with E-state index in [1.54, 1.807) is 18.3 Å². The zero-order valence-electron chi connectivity index (χ0n) is 8.55. The molecule has 0 aliphatic rings. The smallest absolute Gasteiger partial charge is 0.144 e. The summed E-state index contributed by atoms with van der Waals surface area (Å²) in [6.07, 6.45) is 1.59. The molecule has 0 saturated carbocycles. The highest BCUT2D eigenvalue weighted by Crippen LogP contribution is 2.31. The van der Waals surface area contributed by atoms with Gasteiger partial charge in [-0.1, -0.05) is 11.6 Å². The largest absolute Gasteiger partial charge is 0.397 e. The van der Waals surface area contributed by atoms with Gasteiger partial charge in [-0.3, -0.25) is 0 Å². The molecular weight excluding hydrogens is 369 g/mol. The number of hydrogen-bond acceptors (Lipinski definition) is 3. The number of nitrogen functional groups attached to an aromatic ring is 1. The molecule has 0 saturated heterocycles. The van der Waals surface area contributed by atoms with Gasteiger partial charge in [0, 0.05) is 9.50 Å². The van der Waals surface area contributed by atoms with Gasteiger partial charge >= 0.3 is 0 Å². The molecular formula is C11H8Br2ClN3. The zero-order valence-corrected chi connectivity index (χ0v) is 12.5. The van der Waals surface area contributed by atoms with Crippen LogP contribution in [0.25, 0.3) is 0 Å². The second-order valence-electron chi connectivity index (χ2n) is 3.35. The van der Waals surface area contributed by atoms with Crippen LogP contribution in [0.3, 0.4) is 0 Å². The van der Waals surface area contributed by atoms with Crippen LogP contribution in [0, 0.1) is 0 Å². The third-order valence-corrected chi connectivity index (χ3v) is 3.54. The van der Waals surface area contributed by atoms with Crippen LogP contribution in [-0.4, -0.2) is 4.98 Å². The third-order valence-electron chi connectivity index (χ3n) is 2.05. The summed E-state index contributed by atoms with van der Waals surface area (Å²) in [5.41, 5.74) is 7.11. The minimum absolute atomic E-state index is 0.609. The maximum atomic E-state index is 5.87. The first-order chi connectivity index (χ1) is 8.06. The van der Waals surface area contributed by atoms with Crippen molar-refractivity contribution in [1.29, 1.82) is 0 Å². The molecule has 0 radical (unpaired) electrons. The monoisotopic (exact) mass is 375 g/mol. The van der Waals surface area contributed by atoms with Gasteiger partial charge < -0.3 is 11.1 Å². The molecule has 0 bridgehead atoms. The van der Waals surface area contributed by atoms with Gasteiger partial charge in [0.05, 0.1) is 22.0 Å². The molecule has 3 N–H and O–H groups in total. The molecule has 0 fully saturated rings. The Kier molecular flexibility index (Phi) is 3.91. The molecule has 17 heavy (non-hydrogen) atoms. The molecule has 1 heterocycles. The Hall–Kier alpha value is -0.780. The number of anilines is 3. The lowest BCUT2D eigenvalue weighted by molar-refractivity contribution is 1.29. The number of nitrogens with zero attached hydrogens (tertiary/aromatic N) is 1. The van der Waals surface area contributed by atoms with Gasteiger partial charge in [-0.2, -0.15) is 0 Å². The molecule has 0 unspecified atom stereocenters. The summed E-state index contributed by atoms with van der Waals surface area (Å²) in [5.74, 6) is 0.697. The lowest BCUT2D eigenvalue weighted by atomic mass is 10.3. The highest BCUT2D eigenvalue weighted by Gasteiger charge is 2.05. The van der Waals surface area contributed by atoms with Crippen LogP contribution in [-0.2, 0) is 0 Å². The summed E-state index contributed by atoms with van der Waals surface area (Å²) in [6.45, 7) is 0. The molecule has 2 rings (SSSR count). The number of hydrogen-bond donors (Lipinski definition) is 2. The number of nitrogens with one attached hydrogen (secondary N) is 1. The Morgan fingerprint density at radius 1 is 1.18 bits per heavy atom. The Balaban J connectivity index is 2.31. The molecule has 3 nitrogen and oxygen atoms in total. The van der Waals surface area contributed by atoms with Crippen LogP contribution < -0.4 is 11.1 Å². The highest BCUT2D eigenvalue weighted by atomic mass is 79.9. The topological polar surface area (TPSA) is 50.9 Å². The average Bonchev–Trinajstić information content (AvgIpc) is 2.25. The van der Waals surface area contributed by atoms with Crippen molar-refractivity contribution in [2.75, 3.05) is 11.1 Å². The van der Waals surface area contributed by atoms with Gasteiger partial charge in [-0.15, -0.1) is 0 Å². The van der Waals surface area contributed by atoms with E-state index in [0.29, 0.717) is 16.5 Å². The molecule has 1 aromatic carbocycles. The van der Waals surface area contributed by atoms with Crippen molar-refractivity contribution in [1.82, 2.24) is 4.98 Å². The fourth-order valence-electron chi connectivity index (χ4n) is 1.26. The Bertz CT molecular complexity index is 511. The minimum Gasteiger partial charge on any atom is -0.397 e. The molecule has 0 atom stereocenters. The lowest BCUT2D eigenvalue weighted by Crippen LogP contribution is -1.97. The van der Waals surface area contributed by atoms with Crippen LogP contribution in [0.1, 0.15) is 0 Å². The maximum absolute atomic E-state index is 5.87. The summed E-state index contributed by atoms with van der Waals surface area (Å²) >= 11 is 12.7. The van der Waals surface area contributed by atoms with Crippen molar-refractivity contribution < 1.29 is 0 Å². The minimum atomic E-state index is 0.609. The number of rotatable bonds is 2. The first kappa shape index (κ1) is 12.7. The standard InChI is InChI=1S/C11H8Br2ClN3/c12-8-3-6(14)1-2-10(8)17-11-9(13)4-7(15)5-16-11/h1-5H,15H2,(H,16,17). The van der Waals surface area contributed by atoms with Crippen molar-refractivity contribution in [2.24, 2.45) is 0 Å². The van der Waals surface area contributed by atoms with E-state index in [1.165, 1.54) is 0 Å². The molecule has 0 amide bonds. The summed E-state index contributed by atoms with van der Waals surface area (Å²) in [5, 5.41) is 3.85. The molecule has 2 aromatic rings. The number of benzene rings is 1. The van der Waals surface area contributed by atoms with Crippen molar-refractivity contribution in [3.05, 3.63) is 44.4 Å². The van der Waals surface area contributed by atoms with Crippen molar-refractivity contribution in [3.63, 3.8) is 0 Å². The summed E-state index contributed by atoms with van der Waals surface area (Å²) in [6, 6.07) is 7.28. The SMILES string of the molecule is Nc1cnc(Nc2ccc(Cl)cc2Br)c(Br)c1. The predicted octanol–water partition coefficient (Wildman–Crippen LogP) is 4.59. The van der Waals surface area contributed by atoms with E-state index in [-0.39, 0.29) is 0 Å². The van der Waals surface area contributed by atoms with Crippen molar-refractivity contribution in [2.45, 2.75) is 0 Å². The molecule has 0 aliphatic carbocycles. The van der Waals surface area contributed by atoms with E-state index in [2.05, 4.69) is 42.2 Å². The van der Waals surface area contributed by atoms with E-state index in [4.69, 9.17) is 17.3 Å². The molecule has 0 spiro atoms. The molecule has 0 aliphatic heterocycles. The Morgan fingerprint density at radius 3 is 2.59 bits per heavy atom. The van der Waals surface area contributed by atoms with E-state index >= 15 is 0 Å². The van der Waals surface area contributed by atoms with Gasteiger partial charge in [0.25, 0.3) is 0 Å². The second kappa shape index (κ2) is 5.25. The van der Waals surface area contributed by atoms with Crippen LogP contribution >= 0.6 is 43.5 Å². The van der Waals surface area contributed by atoms with E-state index < -0.39 is 0 Å². The van der Waals surface area contributed by atoms with Gasteiger partial charge in [0.2, 0.25) is 0 Å². The van der Waals surface area contributed by atoms with Crippen LogP contribution in [0.4, 0.5) is 17.2 Å². The van der Waals surface area contributed by atoms with Crippen LogP contribution in [0.15, 0.2) is 39.4 Å². The third kappa shape index (κ3) is 3.12.